The van der Waals surface area contributed by atoms with Crippen LogP contribution in [0.3, 0.4) is 0 Å². The van der Waals surface area contributed by atoms with E-state index in [2.05, 4.69) is 10.5 Å². The van der Waals surface area contributed by atoms with E-state index >= 15 is 0 Å². The molecule has 0 heterocycles. The second-order valence-corrected chi connectivity index (χ2v) is 3.57. The maximum Gasteiger partial charge on any atom is 0.268 e. The summed E-state index contributed by atoms with van der Waals surface area (Å²) in [4.78, 5) is 11.0. The molecule has 1 aromatic carbocycles. The summed E-state index contributed by atoms with van der Waals surface area (Å²) < 4.78 is 5.20. The molecule has 0 fully saturated rings. The van der Waals surface area contributed by atoms with Crippen LogP contribution in [0.2, 0.25) is 0 Å². The molecule has 3 N–H and O–H groups in total. The molecule has 0 aliphatic carbocycles. The van der Waals surface area contributed by atoms with Crippen LogP contribution in [0.15, 0.2) is 23.3 Å². The highest BCUT2D eigenvalue weighted by Crippen LogP contribution is 2.25. The largest absolute Gasteiger partial charge is 0.504 e. The van der Waals surface area contributed by atoms with Gasteiger partial charge in [0.05, 0.1) is 12.8 Å². The van der Waals surface area contributed by atoms with Gasteiger partial charge in [0.2, 0.25) is 0 Å². The number of benzene rings is 1. The first-order chi connectivity index (χ1) is 8.54. The van der Waals surface area contributed by atoms with Crippen molar-refractivity contribution in [2.75, 3.05) is 6.61 Å². The number of carbonyl (C=O) groups excluding carboxylic acids is 1. The summed E-state index contributed by atoms with van der Waals surface area (Å²) >= 11 is 0. The van der Waals surface area contributed by atoms with Crippen LogP contribution in [-0.4, -0.2) is 35.0 Å². The van der Waals surface area contributed by atoms with Gasteiger partial charge in [0.25, 0.3) is 5.91 Å². The molecule has 0 saturated carbocycles. The lowest BCUT2D eigenvalue weighted by Crippen LogP contribution is -2.28. The van der Waals surface area contributed by atoms with E-state index in [0.717, 1.165) is 0 Å². The quantitative estimate of drug-likeness (QED) is 0.529. The van der Waals surface area contributed by atoms with E-state index in [-0.39, 0.29) is 5.75 Å². The predicted octanol–water partition coefficient (Wildman–Crippen LogP) is 0.622. The number of rotatable bonds is 5. The smallest absolute Gasteiger partial charge is 0.268 e. The minimum atomic E-state index is -1.11. The number of aromatic hydroxyl groups is 1. The van der Waals surface area contributed by atoms with E-state index in [9.17, 15) is 9.90 Å². The number of hydrogen-bond acceptors (Lipinski definition) is 5. The fourth-order valence-electron chi connectivity index (χ4n) is 1.15. The van der Waals surface area contributed by atoms with Crippen LogP contribution in [0.25, 0.3) is 0 Å². The number of phenolic OH excluding ortho intramolecular Hbond substituents is 1. The van der Waals surface area contributed by atoms with Crippen molar-refractivity contribution in [2.45, 2.75) is 20.0 Å². The van der Waals surface area contributed by atoms with Gasteiger partial charge in [0.1, 0.15) is 6.10 Å². The molecule has 98 valence electrons. The molecule has 0 aromatic heterocycles. The lowest BCUT2D eigenvalue weighted by Gasteiger charge is -2.06. The third-order valence-corrected chi connectivity index (χ3v) is 2.05. The Labute approximate surface area is 105 Å². The summed E-state index contributed by atoms with van der Waals surface area (Å²) in [6.07, 6.45) is 0.281. The van der Waals surface area contributed by atoms with Crippen molar-refractivity contribution < 1.29 is 19.7 Å². The van der Waals surface area contributed by atoms with Gasteiger partial charge in [-0.1, -0.05) is 0 Å². The van der Waals surface area contributed by atoms with Gasteiger partial charge in [-0.25, -0.2) is 5.43 Å². The third kappa shape index (κ3) is 4.06. The minimum absolute atomic E-state index is 0.0435. The van der Waals surface area contributed by atoms with Crippen LogP contribution in [0.5, 0.6) is 11.5 Å². The molecule has 0 saturated heterocycles. The average Bonchev–Trinajstić information content (AvgIpc) is 2.33. The van der Waals surface area contributed by atoms with Crippen LogP contribution in [-0.2, 0) is 4.79 Å². The highest BCUT2D eigenvalue weighted by Gasteiger charge is 2.06. The standard InChI is InChI=1S/C12H16N2O4/c1-3-18-11-6-9(4-5-10(11)16)7-13-14-12(17)8(2)15/h4-8,15-16H,3H2,1-2H3,(H,14,17)/b13-7-/t8-/m0/s1. The van der Waals surface area contributed by atoms with E-state index in [1.807, 2.05) is 6.92 Å². The Kier molecular flexibility index (Phi) is 5.13. The van der Waals surface area contributed by atoms with Crippen molar-refractivity contribution in [3.8, 4) is 11.5 Å². The number of aliphatic hydroxyl groups excluding tert-OH is 1. The molecule has 1 aromatic rings. The predicted molar refractivity (Wildman–Crippen MR) is 66.7 cm³/mol. The summed E-state index contributed by atoms with van der Waals surface area (Å²) in [6.45, 7) is 3.59. The molecule has 18 heavy (non-hydrogen) atoms. The van der Waals surface area contributed by atoms with Gasteiger partial charge in [-0.05, 0) is 37.6 Å². The normalized spacial score (nSPS) is 12.4. The van der Waals surface area contributed by atoms with Crippen molar-refractivity contribution in [3.05, 3.63) is 23.8 Å². The molecule has 0 aliphatic heterocycles. The van der Waals surface area contributed by atoms with Gasteiger partial charge in [-0.2, -0.15) is 5.10 Å². The maximum absolute atomic E-state index is 11.0. The van der Waals surface area contributed by atoms with Gasteiger partial charge < -0.3 is 14.9 Å². The molecule has 0 unspecified atom stereocenters. The number of nitrogens with zero attached hydrogens (tertiary/aromatic N) is 1. The zero-order chi connectivity index (χ0) is 13.5. The average molecular weight is 252 g/mol. The van der Waals surface area contributed by atoms with Gasteiger partial charge in [0, 0.05) is 0 Å². The fraction of sp³-hybridized carbons (Fsp3) is 0.333. The zero-order valence-electron chi connectivity index (χ0n) is 10.3. The van der Waals surface area contributed by atoms with Crippen LogP contribution in [0.1, 0.15) is 19.4 Å². The lowest BCUT2D eigenvalue weighted by molar-refractivity contribution is -0.128. The molecule has 1 rings (SSSR count). The first-order valence-electron chi connectivity index (χ1n) is 5.51. The fourth-order valence-corrected chi connectivity index (χ4v) is 1.15. The molecular weight excluding hydrogens is 236 g/mol. The maximum atomic E-state index is 11.0. The van der Waals surface area contributed by atoms with E-state index in [0.29, 0.717) is 17.9 Å². The molecule has 0 radical (unpaired) electrons. The number of nitrogens with one attached hydrogen (secondary N) is 1. The Morgan fingerprint density at radius 3 is 2.94 bits per heavy atom. The summed E-state index contributed by atoms with van der Waals surface area (Å²) in [5.41, 5.74) is 2.83. The van der Waals surface area contributed by atoms with Gasteiger partial charge in [0.15, 0.2) is 11.5 Å². The first-order valence-corrected chi connectivity index (χ1v) is 5.51. The molecule has 6 heteroatoms. The molecule has 0 bridgehead atoms. The number of aliphatic hydroxyl groups is 1. The monoisotopic (exact) mass is 252 g/mol. The second kappa shape index (κ2) is 6.61. The zero-order valence-corrected chi connectivity index (χ0v) is 10.3. The SMILES string of the molecule is CCOc1cc(/C=N\NC(=O)[C@H](C)O)ccc1O. The first kappa shape index (κ1) is 14.0. The van der Waals surface area contributed by atoms with Crippen LogP contribution < -0.4 is 10.2 Å². The van der Waals surface area contributed by atoms with E-state index in [1.165, 1.54) is 19.2 Å². The number of ether oxygens (including phenoxy) is 1. The van der Waals surface area contributed by atoms with Gasteiger partial charge in [-0.3, -0.25) is 4.79 Å². The summed E-state index contributed by atoms with van der Waals surface area (Å²) in [6, 6.07) is 4.69. The summed E-state index contributed by atoms with van der Waals surface area (Å²) in [5, 5.41) is 22.1. The van der Waals surface area contributed by atoms with Crippen molar-refractivity contribution in [1.29, 1.82) is 0 Å². The number of hydrogen-bond donors (Lipinski definition) is 3. The highest BCUT2D eigenvalue weighted by molar-refractivity contribution is 5.84. The van der Waals surface area contributed by atoms with Crippen molar-refractivity contribution in [1.82, 2.24) is 5.43 Å². The molecular formula is C12H16N2O4. The van der Waals surface area contributed by atoms with Crippen LogP contribution in [0.4, 0.5) is 0 Å². The molecule has 1 atom stereocenters. The van der Waals surface area contributed by atoms with Gasteiger partial charge in [-0.15, -0.1) is 0 Å². The lowest BCUT2D eigenvalue weighted by atomic mass is 10.2. The van der Waals surface area contributed by atoms with Gasteiger partial charge >= 0.3 is 0 Å². The molecule has 0 spiro atoms. The number of carbonyl (C=O) groups is 1. The number of amides is 1. The van der Waals surface area contributed by atoms with Crippen molar-refractivity contribution >= 4 is 12.1 Å². The van der Waals surface area contributed by atoms with Crippen LogP contribution in [0, 0.1) is 0 Å². The Balaban J connectivity index is 2.70. The Bertz CT molecular complexity index is 444. The Hall–Kier alpha value is -2.08. The van der Waals surface area contributed by atoms with E-state index in [1.54, 1.807) is 12.1 Å². The van der Waals surface area contributed by atoms with E-state index < -0.39 is 12.0 Å². The molecule has 6 nitrogen and oxygen atoms in total. The van der Waals surface area contributed by atoms with Crippen LogP contribution >= 0.6 is 0 Å². The number of phenols is 1. The van der Waals surface area contributed by atoms with Crippen molar-refractivity contribution in [2.24, 2.45) is 5.10 Å². The molecule has 1 amide bonds. The number of hydrazone groups is 1. The second-order valence-electron chi connectivity index (χ2n) is 3.57. The minimum Gasteiger partial charge on any atom is -0.504 e. The van der Waals surface area contributed by atoms with E-state index in [4.69, 9.17) is 9.84 Å². The summed E-state index contributed by atoms with van der Waals surface area (Å²) in [5.74, 6) is -0.194. The highest BCUT2D eigenvalue weighted by atomic mass is 16.5. The third-order valence-electron chi connectivity index (χ3n) is 2.05. The topological polar surface area (TPSA) is 91.2 Å². The molecule has 0 aliphatic rings. The van der Waals surface area contributed by atoms with Crippen molar-refractivity contribution in [3.63, 3.8) is 0 Å². The Morgan fingerprint density at radius 1 is 1.61 bits per heavy atom. The Morgan fingerprint density at radius 2 is 2.33 bits per heavy atom. The summed E-state index contributed by atoms with van der Waals surface area (Å²) in [7, 11) is 0.